The maximum Gasteiger partial charge on any atom is 0.232 e. The summed E-state index contributed by atoms with van der Waals surface area (Å²) in [5.41, 5.74) is 3.59. The predicted octanol–water partition coefficient (Wildman–Crippen LogP) is 5.01. The third kappa shape index (κ3) is 2.94. The molecule has 0 radical (unpaired) electrons. The molecular formula is C23H21NO2S. The molecule has 0 spiro atoms. The largest absolute Gasteiger partial charge is 0.343 e. The fraction of sp³-hybridized carbons (Fsp3) is 0.217. The number of rotatable bonds is 5. The fourth-order valence-corrected chi connectivity index (χ4v) is 4.74. The Balaban J connectivity index is 1.78. The highest BCUT2D eigenvalue weighted by atomic mass is 32.2. The first kappa shape index (κ1) is 17.8. The van der Waals surface area contributed by atoms with Gasteiger partial charge in [0.05, 0.1) is 5.75 Å². The van der Waals surface area contributed by atoms with Crippen molar-refractivity contribution in [3.8, 4) is 11.1 Å². The van der Waals surface area contributed by atoms with Crippen molar-refractivity contribution in [1.82, 2.24) is 4.90 Å². The Morgan fingerprint density at radius 3 is 2.30 bits per heavy atom. The van der Waals surface area contributed by atoms with Gasteiger partial charge in [0.1, 0.15) is 0 Å². The fourth-order valence-electron chi connectivity index (χ4n) is 3.79. The summed E-state index contributed by atoms with van der Waals surface area (Å²) < 4.78 is 0. The molecule has 0 atom stereocenters. The van der Waals surface area contributed by atoms with Crippen LogP contribution >= 0.6 is 11.8 Å². The summed E-state index contributed by atoms with van der Waals surface area (Å²) in [5.74, 6) is 0.627. The van der Waals surface area contributed by atoms with Crippen LogP contribution in [-0.4, -0.2) is 35.4 Å². The van der Waals surface area contributed by atoms with E-state index < -0.39 is 0 Å². The number of carbonyl (C=O) groups excluding carboxylic acids is 2. The molecule has 0 fully saturated rings. The van der Waals surface area contributed by atoms with Gasteiger partial charge in [0.25, 0.3) is 0 Å². The standard InChI is InChI=1S/C23H21NO2S/c1-3-24(4-2)21(25)14-27-20-13-12-16-15-8-5-6-9-17(15)23(26)19-11-7-10-18(20)22(16)19/h5-13H,3-4,14H2,1-2H3. The second kappa shape index (κ2) is 7.20. The summed E-state index contributed by atoms with van der Waals surface area (Å²) in [7, 11) is 0. The maximum absolute atomic E-state index is 13.0. The van der Waals surface area contributed by atoms with Crippen LogP contribution in [0.15, 0.2) is 59.5 Å². The molecule has 27 heavy (non-hydrogen) atoms. The summed E-state index contributed by atoms with van der Waals surface area (Å²) in [6, 6.07) is 17.8. The number of hydrogen-bond acceptors (Lipinski definition) is 3. The zero-order valence-corrected chi connectivity index (χ0v) is 16.3. The highest BCUT2D eigenvalue weighted by Gasteiger charge is 2.25. The molecule has 0 N–H and O–H groups in total. The molecular weight excluding hydrogens is 354 g/mol. The number of nitrogens with zero attached hydrogens (tertiary/aromatic N) is 1. The van der Waals surface area contributed by atoms with Crippen LogP contribution in [0.1, 0.15) is 29.8 Å². The Hall–Kier alpha value is -2.59. The molecule has 0 aromatic heterocycles. The summed E-state index contributed by atoms with van der Waals surface area (Å²) >= 11 is 1.55. The lowest BCUT2D eigenvalue weighted by Gasteiger charge is -2.21. The zero-order valence-electron chi connectivity index (χ0n) is 15.5. The van der Waals surface area contributed by atoms with Crippen LogP contribution in [0.3, 0.4) is 0 Å². The van der Waals surface area contributed by atoms with Crippen LogP contribution < -0.4 is 0 Å². The van der Waals surface area contributed by atoms with Crippen LogP contribution in [0.5, 0.6) is 0 Å². The Morgan fingerprint density at radius 1 is 0.852 bits per heavy atom. The molecule has 4 rings (SSSR count). The van der Waals surface area contributed by atoms with Gasteiger partial charge >= 0.3 is 0 Å². The van der Waals surface area contributed by atoms with E-state index >= 15 is 0 Å². The third-order valence-corrected chi connectivity index (χ3v) is 6.23. The Labute approximate surface area is 163 Å². The van der Waals surface area contributed by atoms with Crippen molar-refractivity contribution >= 4 is 34.2 Å². The number of thioether (sulfide) groups is 1. The summed E-state index contributed by atoms with van der Waals surface area (Å²) in [5, 5.41) is 2.05. The van der Waals surface area contributed by atoms with Gasteiger partial charge in [-0.15, -0.1) is 11.8 Å². The van der Waals surface area contributed by atoms with Crippen LogP contribution in [0.2, 0.25) is 0 Å². The van der Waals surface area contributed by atoms with Crippen molar-refractivity contribution < 1.29 is 9.59 Å². The van der Waals surface area contributed by atoms with E-state index in [1.165, 1.54) is 0 Å². The summed E-state index contributed by atoms with van der Waals surface area (Å²) in [6.45, 7) is 5.45. The molecule has 0 aliphatic heterocycles. The van der Waals surface area contributed by atoms with Crippen molar-refractivity contribution in [1.29, 1.82) is 0 Å². The number of carbonyl (C=O) groups is 2. The zero-order chi connectivity index (χ0) is 19.0. The van der Waals surface area contributed by atoms with Gasteiger partial charge in [0.2, 0.25) is 5.91 Å². The van der Waals surface area contributed by atoms with Gasteiger partial charge in [-0.1, -0.05) is 48.5 Å². The van der Waals surface area contributed by atoms with E-state index in [1.807, 2.05) is 61.2 Å². The topological polar surface area (TPSA) is 37.4 Å². The van der Waals surface area contributed by atoms with Gasteiger partial charge < -0.3 is 4.90 Å². The van der Waals surface area contributed by atoms with Crippen molar-refractivity contribution in [2.24, 2.45) is 0 Å². The summed E-state index contributed by atoms with van der Waals surface area (Å²) in [4.78, 5) is 28.2. The number of ketones is 1. The van der Waals surface area contributed by atoms with E-state index in [4.69, 9.17) is 0 Å². The molecule has 136 valence electrons. The third-order valence-electron chi connectivity index (χ3n) is 5.17. The minimum atomic E-state index is 0.0741. The van der Waals surface area contributed by atoms with Crippen LogP contribution in [0.4, 0.5) is 0 Å². The average molecular weight is 375 g/mol. The maximum atomic E-state index is 13.0. The first-order valence-corrected chi connectivity index (χ1v) is 10.2. The second-order valence-corrected chi connectivity index (χ2v) is 7.59. The van der Waals surface area contributed by atoms with Crippen molar-refractivity contribution in [2.75, 3.05) is 18.8 Å². The molecule has 0 saturated carbocycles. The van der Waals surface area contributed by atoms with Crippen molar-refractivity contribution in [3.63, 3.8) is 0 Å². The first-order chi connectivity index (χ1) is 13.2. The number of fused-ring (bicyclic) bond motifs is 2. The van der Waals surface area contributed by atoms with Gasteiger partial charge in [0, 0.05) is 34.5 Å². The Morgan fingerprint density at radius 2 is 1.56 bits per heavy atom. The molecule has 4 heteroatoms. The molecule has 1 amide bonds. The van der Waals surface area contributed by atoms with E-state index in [0.29, 0.717) is 5.75 Å². The van der Waals surface area contributed by atoms with Gasteiger partial charge in [-0.05, 0) is 36.4 Å². The number of benzene rings is 3. The van der Waals surface area contributed by atoms with E-state index in [0.717, 1.165) is 51.0 Å². The first-order valence-electron chi connectivity index (χ1n) is 9.26. The van der Waals surface area contributed by atoms with E-state index in [1.54, 1.807) is 11.8 Å². The van der Waals surface area contributed by atoms with Gasteiger partial charge in [-0.3, -0.25) is 9.59 Å². The van der Waals surface area contributed by atoms with Gasteiger partial charge in [-0.2, -0.15) is 0 Å². The molecule has 3 nitrogen and oxygen atoms in total. The van der Waals surface area contributed by atoms with Crippen LogP contribution in [0, 0.1) is 0 Å². The minimum Gasteiger partial charge on any atom is -0.343 e. The van der Waals surface area contributed by atoms with Crippen molar-refractivity contribution in [2.45, 2.75) is 18.7 Å². The molecule has 0 bridgehead atoms. The lowest BCUT2D eigenvalue weighted by molar-refractivity contribution is -0.127. The normalized spacial score (nSPS) is 12.1. The lowest BCUT2D eigenvalue weighted by atomic mass is 9.83. The average Bonchev–Trinajstić information content (AvgIpc) is 2.71. The van der Waals surface area contributed by atoms with Crippen molar-refractivity contribution in [3.05, 3.63) is 65.7 Å². The van der Waals surface area contributed by atoms with E-state index in [9.17, 15) is 9.59 Å². The lowest BCUT2D eigenvalue weighted by Crippen LogP contribution is -2.31. The van der Waals surface area contributed by atoms with Gasteiger partial charge in [0.15, 0.2) is 5.78 Å². The number of hydrogen-bond donors (Lipinski definition) is 0. The number of amides is 1. The predicted molar refractivity (Wildman–Crippen MR) is 111 cm³/mol. The Bertz CT molecular complexity index is 1050. The molecule has 0 saturated heterocycles. The SMILES string of the molecule is CCN(CC)C(=O)CSc1ccc2c3c(cccc13)C(=O)c1ccccc1-2. The molecule has 3 aromatic rings. The highest BCUT2D eigenvalue weighted by Crippen LogP contribution is 2.42. The minimum absolute atomic E-state index is 0.0741. The van der Waals surface area contributed by atoms with Gasteiger partial charge in [-0.25, -0.2) is 0 Å². The van der Waals surface area contributed by atoms with Crippen LogP contribution in [0.25, 0.3) is 21.9 Å². The Kier molecular flexibility index (Phi) is 4.75. The molecule has 0 unspecified atom stereocenters. The smallest absolute Gasteiger partial charge is 0.232 e. The highest BCUT2D eigenvalue weighted by molar-refractivity contribution is 8.00. The molecule has 1 aliphatic carbocycles. The monoisotopic (exact) mass is 375 g/mol. The quantitative estimate of drug-likeness (QED) is 0.460. The van der Waals surface area contributed by atoms with E-state index in [2.05, 4.69) is 12.1 Å². The molecule has 0 heterocycles. The van der Waals surface area contributed by atoms with E-state index in [-0.39, 0.29) is 11.7 Å². The summed E-state index contributed by atoms with van der Waals surface area (Å²) in [6.07, 6.45) is 0. The molecule has 1 aliphatic rings. The molecule has 3 aromatic carbocycles. The van der Waals surface area contributed by atoms with Crippen LogP contribution in [-0.2, 0) is 4.79 Å². The second-order valence-electron chi connectivity index (χ2n) is 6.57.